The fourth-order valence-corrected chi connectivity index (χ4v) is 7.11. The standard InChI is InChI=1S/C29H43N3O5/c1-21(2)36-28(35)31(3)20-26(33)32(37-27(34)7-5-4-6-22-8-11-30-12-9-22)13-10-29-17-23-14-24(18-29)16-25(15-23)19-29/h8-9,11-12,21,23-25H,4-7,10,13-20H2,1-3H3. The van der Waals surface area contributed by atoms with Gasteiger partial charge in [-0.1, -0.05) is 0 Å². The number of nitrogens with zero attached hydrogens (tertiary/aromatic N) is 3. The van der Waals surface area contributed by atoms with E-state index in [9.17, 15) is 14.4 Å². The Labute approximate surface area is 221 Å². The summed E-state index contributed by atoms with van der Waals surface area (Å²) in [5, 5.41) is 1.23. The zero-order valence-corrected chi connectivity index (χ0v) is 22.7. The van der Waals surface area contributed by atoms with Crippen LogP contribution < -0.4 is 0 Å². The van der Waals surface area contributed by atoms with Crippen LogP contribution in [0.4, 0.5) is 4.79 Å². The lowest BCUT2D eigenvalue weighted by atomic mass is 9.49. The zero-order chi connectivity index (χ0) is 26.4. The Morgan fingerprint density at radius 3 is 2.24 bits per heavy atom. The van der Waals surface area contributed by atoms with Crippen LogP contribution in [0.25, 0.3) is 0 Å². The van der Waals surface area contributed by atoms with Gasteiger partial charge in [-0.05, 0) is 119 Å². The minimum atomic E-state index is -0.563. The normalized spacial score (nSPS) is 25.7. The van der Waals surface area contributed by atoms with Crippen LogP contribution in [0.1, 0.15) is 83.6 Å². The molecule has 0 unspecified atom stereocenters. The minimum Gasteiger partial charge on any atom is -0.447 e. The predicted molar refractivity (Wildman–Crippen MR) is 139 cm³/mol. The maximum absolute atomic E-state index is 13.2. The average Bonchev–Trinajstić information content (AvgIpc) is 2.83. The highest BCUT2D eigenvalue weighted by molar-refractivity contribution is 5.83. The van der Waals surface area contributed by atoms with Gasteiger partial charge in [0.05, 0.1) is 12.6 Å². The van der Waals surface area contributed by atoms with Crippen molar-refractivity contribution < 1.29 is 24.0 Å². The second-order valence-corrected chi connectivity index (χ2v) is 12.0. The van der Waals surface area contributed by atoms with Gasteiger partial charge in [0.15, 0.2) is 0 Å². The number of ether oxygens (including phenoxy) is 1. The van der Waals surface area contributed by atoms with Crippen LogP contribution in [-0.2, 0) is 25.6 Å². The van der Waals surface area contributed by atoms with E-state index in [0.717, 1.165) is 37.0 Å². The summed E-state index contributed by atoms with van der Waals surface area (Å²) in [7, 11) is 1.53. The lowest BCUT2D eigenvalue weighted by molar-refractivity contribution is -0.201. The minimum absolute atomic E-state index is 0.193. The number of unbranched alkanes of at least 4 members (excludes halogenated alkanes) is 1. The molecule has 0 radical (unpaired) electrons. The second-order valence-electron chi connectivity index (χ2n) is 12.0. The molecule has 4 bridgehead atoms. The maximum atomic E-state index is 13.2. The molecule has 2 amide bonds. The summed E-state index contributed by atoms with van der Waals surface area (Å²) in [4.78, 5) is 49.1. The number of hydrogen-bond acceptors (Lipinski definition) is 6. The van der Waals surface area contributed by atoms with Gasteiger partial charge in [0.25, 0.3) is 5.91 Å². The van der Waals surface area contributed by atoms with E-state index in [1.54, 1.807) is 26.2 Å². The third-order valence-electron chi connectivity index (χ3n) is 8.37. The summed E-state index contributed by atoms with van der Waals surface area (Å²) in [5.41, 5.74) is 1.44. The van der Waals surface area contributed by atoms with Crippen molar-refractivity contribution >= 4 is 18.0 Å². The number of carbonyl (C=O) groups excluding carboxylic acids is 3. The number of aromatic nitrogens is 1. The van der Waals surface area contributed by atoms with E-state index < -0.39 is 18.0 Å². The van der Waals surface area contributed by atoms with E-state index in [1.165, 1.54) is 61.1 Å². The Morgan fingerprint density at radius 1 is 1.03 bits per heavy atom. The molecule has 1 heterocycles. The predicted octanol–water partition coefficient (Wildman–Crippen LogP) is 5.16. The van der Waals surface area contributed by atoms with Gasteiger partial charge in [-0.15, -0.1) is 0 Å². The van der Waals surface area contributed by atoms with Crippen LogP contribution in [0.3, 0.4) is 0 Å². The SMILES string of the molecule is CC(C)OC(=O)N(C)CC(=O)N(CCC12CC3CC(CC(C3)C1)C2)OC(=O)CCCCc1ccncc1. The summed E-state index contributed by atoms with van der Waals surface area (Å²) in [6, 6.07) is 3.95. The molecule has 204 valence electrons. The van der Waals surface area contributed by atoms with Crippen molar-refractivity contribution in [3.05, 3.63) is 30.1 Å². The largest absolute Gasteiger partial charge is 0.447 e. The van der Waals surface area contributed by atoms with E-state index in [2.05, 4.69) is 4.98 Å². The van der Waals surface area contributed by atoms with Crippen LogP contribution in [0.2, 0.25) is 0 Å². The number of amides is 2. The van der Waals surface area contributed by atoms with Gasteiger partial charge < -0.3 is 14.5 Å². The number of pyridine rings is 1. The van der Waals surface area contributed by atoms with Crippen molar-refractivity contribution in [3.63, 3.8) is 0 Å². The van der Waals surface area contributed by atoms with Crippen molar-refractivity contribution in [3.8, 4) is 0 Å². The molecular weight excluding hydrogens is 470 g/mol. The van der Waals surface area contributed by atoms with Gasteiger partial charge in [-0.2, -0.15) is 5.06 Å². The molecule has 0 aromatic carbocycles. The molecule has 1 aromatic heterocycles. The smallest absolute Gasteiger partial charge is 0.410 e. The summed E-state index contributed by atoms with van der Waals surface area (Å²) >= 11 is 0. The Balaban J connectivity index is 1.32. The molecule has 5 rings (SSSR count). The molecule has 0 spiro atoms. The molecule has 8 nitrogen and oxygen atoms in total. The Bertz CT molecular complexity index is 899. The molecule has 4 aliphatic carbocycles. The third kappa shape index (κ3) is 7.68. The highest BCUT2D eigenvalue weighted by Crippen LogP contribution is 2.61. The third-order valence-corrected chi connectivity index (χ3v) is 8.37. The number of aryl methyl sites for hydroxylation is 1. The highest BCUT2D eigenvalue weighted by Gasteiger charge is 2.50. The number of hydroxylamine groups is 2. The van der Waals surface area contributed by atoms with Gasteiger partial charge in [-0.25, -0.2) is 9.59 Å². The zero-order valence-electron chi connectivity index (χ0n) is 22.7. The first kappa shape index (κ1) is 27.4. The Kier molecular flexibility index (Phi) is 9.08. The maximum Gasteiger partial charge on any atom is 0.410 e. The molecule has 0 atom stereocenters. The van der Waals surface area contributed by atoms with Gasteiger partial charge in [0, 0.05) is 25.9 Å². The molecule has 1 aromatic rings. The number of likely N-dealkylation sites (N-methyl/N-ethyl adjacent to an activating group) is 1. The monoisotopic (exact) mass is 513 g/mol. The van der Waals surface area contributed by atoms with E-state index >= 15 is 0 Å². The molecule has 0 N–H and O–H groups in total. The van der Waals surface area contributed by atoms with Crippen LogP contribution in [0.15, 0.2) is 24.5 Å². The van der Waals surface area contributed by atoms with Crippen LogP contribution >= 0.6 is 0 Å². The fraction of sp³-hybridized carbons (Fsp3) is 0.724. The van der Waals surface area contributed by atoms with Gasteiger partial charge in [-0.3, -0.25) is 9.78 Å². The van der Waals surface area contributed by atoms with E-state index in [1.807, 2.05) is 12.1 Å². The first-order chi connectivity index (χ1) is 17.7. The summed E-state index contributed by atoms with van der Waals surface area (Å²) < 4.78 is 5.20. The van der Waals surface area contributed by atoms with Gasteiger partial charge in [0.1, 0.15) is 6.54 Å². The number of hydrogen-bond donors (Lipinski definition) is 0. The molecule has 4 aliphatic rings. The fourth-order valence-electron chi connectivity index (χ4n) is 7.11. The highest BCUT2D eigenvalue weighted by atomic mass is 16.7. The molecule has 37 heavy (non-hydrogen) atoms. The van der Waals surface area contributed by atoms with Crippen LogP contribution in [0, 0.1) is 23.2 Å². The molecule has 0 saturated heterocycles. The quantitative estimate of drug-likeness (QED) is 0.300. The Morgan fingerprint density at radius 2 is 1.65 bits per heavy atom. The van der Waals surface area contributed by atoms with Crippen molar-refractivity contribution in [2.24, 2.45) is 23.2 Å². The lowest BCUT2D eigenvalue weighted by Crippen LogP contribution is -2.48. The van der Waals surface area contributed by atoms with Crippen molar-refractivity contribution in [1.29, 1.82) is 0 Å². The van der Waals surface area contributed by atoms with Gasteiger partial charge >= 0.3 is 12.1 Å². The topological polar surface area (TPSA) is 89.0 Å². The van der Waals surface area contributed by atoms with Crippen molar-refractivity contribution in [2.75, 3.05) is 20.1 Å². The van der Waals surface area contributed by atoms with Crippen LogP contribution in [0.5, 0.6) is 0 Å². The number of carbonyl (C=O) groups is 3. The Hall–Kier alpha value is -2.64. The van der Waals surface area contributed by atoms with E-state index in [-0.39, 0.29) is 24.5 Å². The average molecular weight is 514 g/mol. The molecule has 0 aliphatic heterocycles. The van der Waals surface area contributed by atoms with E-state index in [4.69, 9.17) is 9.57 Å². The second kappa shape index (κ2) is 12.3. The van der Waals surface area contributed by atoms with E-state index in [0.29, 0.717) is 13.0 Å². The molecule has 4 fully saturated rings. The lowest BCUT2D eigenvalue weighted by Gasteiger charge is -2.57. The number of rotatable bonds is 11. The first-order valence-corrected chi connectivity index (χ1v) is 14.0. The van der Waals surface area contributed by atoms with Crippen LogP contribution in [-0.4, -0.2) is 59.2 Å². The molecular formula is C29H43N3O5. The summed E-state index contributed by atoms with van der Waals surface area (Å²) in [6.45, 7) is 3.71. The van der Waals surface area contributed by atoms with Crippen molar-refractivity contribution in [2.45, 2.75) is 90.6 Å². The molecule has 4 saturated carbocycles. The van der Waals surface area contributed by atoms with Crippen molar-refractivity contribution in [1.82, 2.24) is 14.9 Å². The van der Waals surface area contributed by atoms with Gasteiger partial charge in [0.2, 0.25) is 0 Å². The first-order valence-electron chi connectivity index (χ1n) is 14.0. The summed E-state index contributed by atoms with van der Waals surface area (Å²) in [6.07, 6.45) is 14.0. The summed E-state index contributed by atoms with van der Waals surface area (Å²) in [5.74, 6) is 1.65. The molecule has 8 heteroatoms.